The minimum Gasteiger partial charge on any atom is -0.508 e. The van der Waals surface area contributed by atoms with Crippen molar-refractivity contribution in [2.24, 2.45) is 28.4 Å². The number of carbonyl (C=O) groups excluding carboxylic acids is 4. The number of urea groups is 1. The third kappa shape index (κ3) is 3.65. The minimum atomic E-state index is -2.71. The molecule has 0 bridgehead atoms. The van der Waals surface area contributed by atoms with Gasteiger partial charge in [-0.1, -0.05) is 0 Å². The average molecular weight is 514 g/mol. The first kappa shape index (κ1) is 25.9. The van der Waals surface area contributed by atoms with Crippen LogP contribution >= 0.6 is 0 Å². The van der Waals surface area contributed by atoms with Crippen LogP contribution in [0.15, 0.2) is 34.1 Å². The minimum absolute atomic E-state index is 0.0451. The van der Waals surface area contributed by atoms with Gasteiger partial charge >= 0.3 is 6.03 Å². The Bertz CT molecular complexity index is 1360. The molecule has 1 saturated carbocycles. The molecule has 0 spiro atoms. The van der Waals surface area contributed by atoms with Crippen LogP contribution in [0, 0.1) is 11.8 Å². The number of ketones is 2. The third-order valence-electron chi connectivity index (χ3n) is 7.33. The Hall–Kier alpha value is -4.23. The first-order valence-corrected chi connectivity index (χ1v) is 11.3. The maximum Gasteiger partial charge on any atom is 0.332 e. The number of aromatic hydroxyl groups is 1. The van der Waals surface area contributed by atoms with Gasteiger partial charge in [-0.3, -0.25) is 19.3 Å². The monoisotopic (exact) mass is 513 g/mol. The Morgan fingerprint density at radius 3 is 2.38 bits per heavy atom. The van der Waals surface area contributed by atoms with Gasteiger partial charge in [-0.25, -0.2) is 10.2 Å². The van der Waals surface area contributed by atoms with Gasteiger partial charge in [0, 0.05) is 17.1 Å². The SMILES string of the molecule is C/C(=N\NC(N)=O)c1ccc(O)c2c1C[C@H]1C[C@H]3C(N(C)C)C(=O)C(C(N)=O)=C(O)[C@@]3(O)C(=O)C1=C2O. The molecule has 37 heavy (non-hydrogen) atoms. The Morgan fingerprint density at radius 2 is 1.81 bits per heavy atom. The topological polar surface area (TPSA) is 229 Å². The Balaban J connectivity index is 1.95. The van der Waals surface area contributed by atoms with E-state index in [1.54, 1.807) is 6.92 Å². The number of hydrazone groups is 1. The number of rotatable bonds is 4. The summed E-state index contributed by atoms with van der Waals surface area (Å²) in [5.41, 5.74) is 9.74. The van der Waals surface area contributed by atoms with Crippen molar-refractivity contribution < 1.29 is 39.6 Å². The molecule has 0 radical (unpaired) electrons. The highest BCUT2D eigenvalue weighted by Crippen LogP contribution is 2.52. The number of nitrogens with two attached hydrogens (primary N) is 2. The lowest BCUT2D eigenvalue weighted by Gasteiger charge is -2.50. The maximum absolute atomic E-state index is 13.8. The zero-order chi connectivity index (χ0) is 27.6. The van der Waals surface area contributed by atoms with Crippen LogP contribution in [0.1, 0.15) is 30.0 Å². The van der Waals surface area contributed by atoms with E-state index in [1.165, 1.54) is 31.1 Å². The van der Waals surface area contributed by atoms with Gasteiger partial charge in [0.2, 0.25) is 5.78 Å². The van der Waals surface area contributed by atoms with Gasteiger partial charge in [0.05, 0.1) is 17.3 Å². The number of benzene rings is 1. The molecule has 4 rings (SSSR count). The van der Waals surface area contributed by atoms with Crippen molar-refractivity contribution in [1.29, 1.82) is 0 Å². The largest absolute Gasteiger partial charge is 0.508 e. The van der Waals surface area contributed by atoms with Crippen molar-refractivity contribution in [1.82, 2.24) is 10.3 Å². The summed E-state index contributed by atoms with van der Waals surface area (Å²) in [6.07, 6.45) is 0.0400. The van der Waals surface area contributed by atoms with Gasteiger partial charge < -0.3 is 31.9 Å². The molecule has 1 unspecified atom stereocenters. The predicted molar refractivity (Wildman–Crippen MR) is 129 cm³/mol. The van der Waals surface area contributed by atoms with Crippen molar-refractivity contribution in [2.45, 2.75) is 31.4 Å². The van der Waals surface area contributed by atoms with Crippen LogP contribution in [0.25, 0.3) is 5.76 Å². The first-order valence-electron chi connectivity index (χ1n) is 11.3. The highest BCUT2D eigenvalue weighted by molar-refractivity contribution is 6.24. The van der Waals surface area contributed by atoms with Crippen molar-refractivity contribution >= 4 is 35.0 Å². The fraction of sp³-hybridized carbons (Fsp3) is 0.375. The van der Waals surface area contributed by atoms with Crippen molar-refractivity contribution in [3.05, 3.63) is 45.7 Å². The van der Waals surface area contributed by atoms with Crippen LogP contribution in [0.2, 0.25) is 0 Å². The number of aliphatic hydroxyl groups excluding tert-OH is 2. The lowest BCUT2D eigenvalue weighted by Crippen LogP contribution is -2.65. The number of carbonyl (C=O) groups is 4. The highest BCUT2D eigenvalue weighted by Gasteiger charge is 2.64. The summed E-state index contributed by atoms with van der Waals surface area (Å²) in [4.78, 5) is 51.4. The molecule has 1 fully saturated rings. The van der Waals surface area contributed by atoms with Gasteiger partial charge in [-0.15, -0.1) is 0 Å². The first-order chi connectivity index (χ1) is 17.2. The summed E-state index contributed by atoms with van der Waals surface area (Å²) >= 11 is 0. The summed E-state index contributed by atoms with van der Waals surface area (Å²) in [6.45, 7) is 1.57. The smallest absolute Gasteiger partial charge is 0.332 e. The third-order valence-corrected chi connectivity index (χ3v) is 7.33. The zero-order valence-corrected chi connectivity index (χ0v) is 20.3. The number of amides is 3. The molecule has 0 aromatic heterocycles. The molecule has 13 heteroatoms. The van der Waals surface area contributed by atoms with Crippen LogP contribution in [0.4, 0.5) is 4.79 Å². The van der Waals surface area contributed by atoms with Crippen molar-refractivity contribution in [2.75, 3.05) is 14.1 Å². The van der Waals surface area contributed by atoms with Gasteiger partial charge in [-0.2, -0.15) is 5.10 Å². The predicted octanol–water partition coefficient (Wildman–Crippen LogP) is -0.644. The van der Waals surface area contributed by atoms with E-state index in [0.717, 1.165) is 0 Å². The number of hydrogen-bond acceptors (Lipinski definition) is 10. The lowest BCUT2D eigenvalue weighted by atomic mass is 9.57. The quantitative estimate of drug-likeness (QED) is 0.154. The summed E-state index contributed by atoms with van der Waals surface area (Å²) in [7, 11) is 3.05. The fourth-order valence-corrected chi connectivity index (χ4v) is 5.78. The maximum atomic E-state index is 13.8. The Kier molecular flexibility index (Phi) is 6.08. The molecule has 1 aromatic rings. The molecular formula is C24H27N5O8. The Labute approximate surface area is 210 Å². The number of hydrogen-bond donors (Lipinski definition) is 7. The van der Waals surface area contributed by atoms with Crippen molar-refractivity contribution in [3.8, 4) is 5.75 Å². The van der Waals surface area contributed by atoms with E-state index in [1.807, 2.05) is 0 Å². The van der Waals surface area contributed by atoms with Crippen molar-refractivity contribution in [3.63, 3.8) is 0 Å². The Morgan fingerprint density at radius 1 is 1.16 bits per heavy atom. The summed E-state index contributed by atoms with van der Waals surface area (Å²) in [6, 6.07) is 0.719. The number of fused-ring (bicyclic) bond motifs is 3. The molecule has 0 saturated heterocycles. The van der Waals surface area contributed by atoms with Crippen LogP contribution in [-0.4, -0.2) is 80.3 Å². The van der Waals surface area contributed by atoms with E-state index in [4.69, 9.17) is 11.5 Å². The summed E-state index contributed by atoms with van der Waals surface area (Å²) in [5.74, 6) is -7.28. The second kappa shape index (κ2) is 8.71. The van der Waals surface area contributed by atoms with E-state index in [0.29, 0.717) is 16.8 Å². The molecule has 3 aliphatic carbocycles. The van der Waals surface area contributed by atoms with Gasteiger partial charge in [0.1, 0.15) is 22.8 Å². The molecule has 9 N–H and O–H groups in total. The van der Waals surface area contributed by atoms with Crippen LogP contribution in [-0.2, 0) is 20.8 Å². The van der Waals surface area contributed by atoms with Gasteiger partial charge in [-0.05, 0) is 57.5 Å². The van der Waals surface area contributed by atoms with E-state index in [2.05, 4.69) is 10.5 Å². The molecule has 196 valence electrons. The van der Waals surface area contributed by atoms with E-state index < -0.39 is 64.1 Å². The number of phenols is 1. The average Bonchev–Trinajstić information content (AvgIpc) is 2.79. The second-order valence-electron chi connectivity index (χ2n) is 9.62. The molecule has 0 aliphatic heterocycles. The molecule has 4 atom stereocenters. The van der Waals surface area contributed by atoms with E-state index >= 15 is 0 Å². The van der Waals surface area contributed by atoms with E-state index in [-0.39, 0.29) is 29.7 Å². The number of aliphatic hydroxyl groups is 3. The summed E-state index contributed by atoms with van der Waals surface area (Å²) < 4.78 is 0. The molecule has 0 heterocycles. The molecule has 1 aromatic carbocycles. The standard InChI is InChI=1S/C24H27N5O8/c1-8(27-28-23(26)36)10-4-5-13(30)15-11(10)6-9-7-12-17(29(2)3)19(32)16(22(25)35)21(34)24(12,37)20(33)14(9)18(15)31/h4-5,9,12,17,30-31,34,37H,6-7H2,1-3H3,(H2,25,35)(H3,26,28,36)/b27-8+/t9-,12-,17?,24-/m0/s1. The lowest BCUT2D eigenvalue weighted by molar-refractivity contribution is -0.153. The number of Topliss-reactive ketones (excluding diaryl/α,β-unsaturated/α-hetero) is 2. The number of nitrogens with one attached hydrogen (secondary N) is 1. The van der Waals surface area contributed by atoms with Crippen LogP contribution < -0.4 is 16.9 Å². The number of nitrogens with zero attached hydrogens (tertiary/aromatic N) is 2. The second-order valence-corrected chi connectivity index (χ2v) is 9.62. The fourth-order valence-electron chi connectivity index (χ4n) is 5.78. The highest BCUT2D eigenvalue weighted by atomic mass is 16.3. The molecular weight excluding hydrogens is 486 g/mol. The molecule has 3 aliphatic rings. The zero-order valence-electron chi connectivity index (χ0n) is 20.3. The van der Waals surface area contributed by atoms with Crippen LogP contribution in [0.5, 0.6) is 5.75 Å². The molecule has 13 nitrogen and oxygen atoms in total. The van der Waals surface area contributed by atoms with Gasteiger partial charge in [0.15, 0.2) is 11.4 Å². The number of likely N-dealkylation sites (N-methyl/N-ethyl adjacent to an activating group) is 1. The van der Waals surface area contributed by atoms with Gasteiger partial charge in [0.25, 0.3) is 5.91 Å². The molecule has 3 amide bonds. The summed E-state index contributed by atoms with van der Waals surface area (Å²) in [5, 5.41) is 48.1. The number of phenolic OH excluding ortho intramolecular Hbond substituents is 1. The van der Waals surface area contributed by atoms with E-state index in [9.17, 15) is 39.6 Å². The van der Waals surface area contributed by atoms with Crippen LogP contribution in [0.3, 0.4) is 0 Å². The normalized spacial score (nSPS) is 27.6. The number of primary amides is 2.